The van der Waals surface area contributed by atoms with Gasteiger partial charge in [0.05, 0.1) is 19.4 Å². The van der Waals surface area contributed by atoms with Gasteiger partial charge in [-0.05, 0) is 6.07 Å². The molecule has 17 heavy (non-hydrogen) atoms. The largest absolute Gasteiger partial charge is 0.574 e. The summed E-state index contributed by atoms with van der Waals surface area (Å²) in [6.07, 6.45) is -4.88. The molecule has 96 valence electrons. The van der Waals surface area contributed by atoms with E-state index in [2.05, 4.69) is 9.72 Å². The Hall–Kier alpha value is -1.54. The number of halogens is 3. The average Bonchev–Trinajstić information content (AvgIpc) is 2.26. The second-order valence-corrected chi connectivity index (χ2v) is 3.01. The zero-order chi connectivity index (χ0) is 13.1. The molecule has 0 aliphatic heterocycles. The highest BCUT2D eigenvalue weighted by Gasteiger charge is 2.33. The minimum absolute atomic E-state index is 0.108. The molecule has 0 radical (unpaired) electrons. The van der Waals surface area contributed by atoms with Crippen LogP contribution in [-0.2, 0) is 13.2 Å². The Morgan fingerprint density at radius 3 is 2.53 bits per heavy atom. The number of aliphatic hydroxyl groups excluding tert-OH is 1. The van der Waals surface area contributed by atoms with Crippen LogP contribution >= 0.6 is 0 Å². The van der Waals surface area contributed by atoms with Gasteiger partial charge in [0.25, 0.3) is 0 Å². The third-order valence-corrected chi connectivity index (χ3v) is 1.90. The molecule has 1 aromatic heterocycles. The molecule has 1 rings (SSSR count). The van der Waals surface area contributed by atoms with Gasteiger partial charge in [-0.3, -0.25) is 0 Å². The van der Waals surface area contributed by atoms with Gasteiger partial charge in [-0.1, -0.05) is 0 Å². The summed E-state index contributed by atoms with van der Waals surface area (Å²) < 4.78 is 44.8. The van der Waals surface area contributed by atoms with E-state index in [1.54, 1.807) is 0 Å². The van der Waals surface area contributed by atoms with Crippen molar-refractivity contribution in [3.05, 3.63) is 17.3 Å². The van der Waals surface area contributed by atoms with Crippen molar-refractivity contribution < 1.29 is 27.8 Å². The number of ether oxygens (including phenoxy) is 2. The van der Waals surface area contributed by atoms with Crippen LogP contribution < -0.4 is 15.2 Å². The number of nitrogens with zero attached hydrogens (tertiary/aromatic N) is 1. The number of aromatic nitrogens is 1. The molecule has 0 aromatic carbocycles. The minimum Gasteiger partial charge on any atom is -0.495 e. The third-order valence-electron chi connectivity index (χ3n) is 1.90. The molecule has 0 fully saturated rings. The first-order chi connectivity index (χ1) is 7.91. The molecule has 0 unspecified atom stereocenters. The number of alkyl halides is 3. The van der Waals surface area contributed by atoms with Crippen molar-refractivity contribution in [2.24, 2.45) is 5.73 Å². The van der Waals surface area contributed by atoms with E-state index in [4.69, 9.17) is 15.6 Å². The van der Waals surface area contributed by atoms with Gasteiger partial charge in [-0.2, -0.15) is 0 Å². The van der Waals surface area contributed by atoms with Crippen LogP contribution in [0.25, 0.3) is 0 Å². The van der Waals surface area contributed by atoms with Gasteiger partial charge >= 0.3 is 6.36 Å². The summed E-state index contributed by atoms with van der Waals surface area (Å²) in [5.74, 6) is -0.521. The molecule has 0 spiro atoms. The number of hydrogen-bond acceptors (Lipinski definition) is 5. The number of methoxy groups -OCH3 is 1. The lowest BCUT2D eigenvalue weighted by atomic mass is 10.2. The molecular weight excluding hydrogens is 241 g/mol. The summed E-state index contributed by atoms with van der Waals surface area (Å²) in [7, 11) is 1.32. The van der Waals surface area contributed by atoms with E-state index < -0.39 is 18.8 Å². The van der Waals surface area contributed by atoms with E-state index >= 15 is 0 Å². The van der Waals surface area contributed by atoms with Crippen molar-refractivity contribution in [2.45, 2.75) is 19.5 Å². The van der Waals surface area contributed by atoms with Gasteiger partial charge in [0.2, 0.25) is 5.88 Å². The van der Waals surface area contributed by atoms with Crippen molar-refractivity contribution in [1.82, 2.24) is 4.98 Å². The van der Waals surface area contributed by atoms with Crippen molar-refractivity contribution in [3.63, 3.8) is 0 Å². The Balaban J connectivity index is 3.19. The van der Waals surface area contributed by atoms with Gasteiger partial charge in [-0.25, -0.2) is 4.98 Å². The lowest BCUT2D eigenvalue weighted by molar-refractivity contribution is -0.276. The highest BCUT2D eigenvalue weighted by atomic mass is 19.4. The second-order valence-electron chi connectivity index (χ2n) is 3.01. The van der Waals surface area contributed by atoms with Crippen molar-refractivity contribution in [2.75, 3.05) is 7.11 Å². The Kier molecular flexibility index (Phi) is 4.13. The standard InChI is InChI=1S/C9H11F3N2O3/c1-16-7-2-5(4-15)8(14-6(7)3-13)17-9(10,11)12/h2,15H,3-4,13H2,1H3. The number of hydrogen-bond donors (Lipinski definition) is 2. The summed E-state index contributed by atoms with van der Waals surface area (Å²) in [6.45, 7) is -0.761. The summed E-state index contributed by atoms with van der Waals surface area (Å²) in [5, 5.41) is 8.92. The Morgan fingerprint density at radius 1 is 1.47 bits per heavy atom. The molecule has 0 saturated heterocycles. The predicted molar refractivity (Wildman–Crippen MR) is 51.3 cm³/mol. The summed E-state index contributed by atoms with van der Waals surface area (Å²) >= 11 is 0. The quantitative estimate of drug-likeness (QED) is 0.833. The fourth-order valence-electron chi connectivity index (χ4n) is 1.19. The van der Waals surface area contributed by atoms with Gasteiger partial charge in [0, 0.05) is 12.1 Å². The first-order valence-electron chi connectivity index (χ1n) is 4.54. The van der Waals surface area contributed by atoms with E-state index in [-0.39, 0.29) is 23.6 Å². The number of nitrogens with two attached hydrogens (primary N) is 1. The van der Waals surface area contributed by atoms with Crippen molar-refractivity contribution >= 4 is 0 Å². The van der Waals surface area contributed by atoms with E-state index in [1.165, 1.54) is 13.2 Å². The van der Waals surface area contributed by atoms with Crippen LogP contribution in [0.2, 0.25) is 0 Å². The topological polar surface area (TPSA) is 77.6 Å². The maximum Gasteiger partial charge on any atom is 0.574 e. The minimum atomic E-state index is -4.88. The van der Waals surface area contributed by atoms with Gasteiger partial charge in [0.1, 0.15) is 5.75 Å². The number of rotatable bonds is 4. The highest BCUT2D eigenvalue weighted by molar-refractivity contribution is 5.38. The fraction of sp³-hybridized carbons (Fsp3) is 0.444. The van der Waals surface area contributed by atoms with E-state index in [1.807, 2.05) is 0 Å². The first-order valence-corrected chi connectivity index (χ1v) is 4.54. The van der Waals surface area contributed by atoms with Crippen LogP contribution in [0.3, 0.4) is 0 Å². The Labute approximate surface area is 95.0 Å². The second kappa shape index (κ2) is 5.19. The number of aliphatic hydroxyl groups is 1. The Morgan fingerprint density at radius 2 is 2.12 bits per heavy atom. The zero-order valence-corrected chi connectivity index (χ0v) is 8.91. The molecule has 0 bridgehead atoms. The molecule has 0 atom stereocenters. The number of pyridine rings is 1. The van der Waals surface area contributed by atoms with Crippen LogP contribution in [-0.4, -0.2) is 23.6 Å². The SMILES string of the molecule is COc1cc(CO)c(OC(F)(F)F)nc1CN. The summed E-state index contributed by atoms with van der Waals surface area (Å²) in [5.41, 5.74) is 5.29. The third kappa shape index (κ3) is 3.46. The smallest absolute Gasteiger partial charge is 0.495 e. The van der Waals surface area contributed by atoms with Crippen LogP contribution in [0.5, 0.6) is 11.6 Å². The first kappa shape index (κ1) is 13.5. The lowest BCUT2D eigenvalue weighted by Crippen LogP contribution is -2.20. The average molecular weight is 252 g/mol. The molecule has 0 aliphatic rings. The van der Waals surface area contributed by atoms with E-state index in [9.17, 15) is 13.2 Å². The van der Waals surface area contributed by atoms with Crippen LogP contribution in [0, 0.1) is 0 Å². The monoisotopic (exact) mass is 252 g/mol. The Bertz CT molecular complexity index is 396. The molecule has 1 heterocycles. The molecule has 1 aromatic rings. The van der Waals surface area contributed by atoms with Crippen LogP contribution in [0.15, 0.2) is 6.07 Å². The molecule has 0 saturated carbocycles. The van der Waals surface area contributed by atoms with Crippen molar-refractivity contribution in [3.8, 4) is 11.6 Å². The molecule has 0 amide bonds. The zero-order valence-electron chi connectivity index (χ0n) is 8.91. The van der Waals surface area contributed by atoms with E-state index in [0.717, 1.165) is 0 Å². The summed E-state index contributed by atoms with van der Waals surface area (Å²) in [4.78, 5) is 3.57. The van der Waals surface area contributed by atoms with Gasteiger partial charge in [-0.15, -0.1) is 13.2 Å². The molecular formula is C9H11F3N2O3. The molecule has 5 nitrogen and oxygen atoms in total. The molecule has 8 heteroatoms. The highest BCUT2D eigenvalue weighted by Crippen LogP contribution is 2.29. The molecule has 0 aliphatic carbocycles. The fourth-order valence-corrected chi connectivity index (χ4v) is 1.19. The van der Waals surface area contributed by atoms with E-state index in [0.29, 0.717) is 0 Å². The van der Waals surface area contributed by atoms with Gasteiger partial charge < -0.3 is 20.3 Å². The summed E-state index contributed by atoms with van der Waals surface area (Å²) in [6, 6.07) is 1.20. The predicted octanol–water partition coefficient (Wildman–Crippen LogP) is 0.940. The maximum absolute atomic E-state index is 12.1. The van der Waals surface area contributed by atoms with Crippen LogP contribution in [0.1, 0.15) is 11.3 Å². The van der Waals surface area contributed by atoms with Crippen molar-refractivity contribution in [1.29, 1.82) is 0 Å². The normalized spacial score (nSPS) is 11.4. The maximum atomic E-state index is 12.1. The van der Waals surface area contributed by atoms with Crippen LogP contribution in [0.4, 0.5) is 13.2 Å². The molecule has 3 N–H and O–H groups in total. The van der Waals surface area contributed by atoms with Gasteiger partial charge in [0.15, 0.2) is 0 Å². The lowest BCUT2D eigenvalue weighted by Gasteiger charge is -2.14.